The first-order valence-corrected chi connectivity index (χ1v) is 13.9. The summed E-state index contributed by atoms with van der Waals surface area (Å²) in [5, 5.41) is 0.481. The van der Waals surface area contributed by atoms with Crippen LogP contribution in [0.5, 0.6) is 5.75 Å². The largest absolute Gasteiger partial charge is 0.425 e. The summed E-state index contributed by atoms with van der Waals surface area (Å²) in [5.74, 6) is -3.13. The van der Waals surface area contributed by atoms with Gasteiger partial charge in [-0.05, 0) is 60.2 Å². The van der Waals surface area contributed by atoms with E-state index in [0.29, 0.717) is 21.8 Å². The van der Waals surface area contributed by atoms with Crippen LogP contribution in [0.3, 0.4) is 0 Å². The fourth-order valence-electron chi connectivity index (χ4n) is 6.24. The lowest BCUT2D eigenvalue weighted by molar-refractivity contribution is -0.139. The van der Waals surface area contributed by atoms with Crippen molar-refractivity contribution in [2.24, 2.45) is 11.8 Å². The highest BCUT2D eigenvalue weighted by molar-refractivity contribution is 6.31. The maximum atomic E-state index is 13.9. The smallest absolute Gasteiger partial charge is 0.335 e. The number of anilines is 2. The Bertz CT molecular complexity index is 1770. The summed E-state index contributed by atoms with van der Waals surface area (Å²) in [6.45, 7) is 0. The number of halogens is 1. The van der Waals surface area contributed by atoms with Crippen LogP contribution in [0.15, 0.2) is 109 Å². The van der Waals surface area contributed by atoms with Crippen molar-refractivity contribution in [3.63, 3.8) is 0 Å². The van der Waals surface area contributed by atoms with Crippen molar-refractivity contribution in [2.75, 3.05) is 9.80 Å². The highest BCUT2D eigenvalue weighted by Gasteiger charge is 2.65. The predicted octanol–water partition coefficient (Wildman–Crippen LogP) is 5.57. The Kier molecular flexibility index (Phi) is 6.25. The fourth-order valence-corrected chi connectivity index (χ4v) is 6.36. The van der Waals surface area contributed by atoms with Crippen molar-refractivity contribution >= 4 is 52.6 Å². The molecule has 2 amide bonds. The molecule has 0 aromatic heterocycles. The van der Waals surface area contributed by atoms with Crippen LogP contribution in [0.4, 0.5) is 11.4 Å². The van der Waals surface area contributed by atoms with E-state index in [1.165, 1.54) is 0 Å². The van der Waals surface area contributed by atoms with Crippen LogP contribution >= 0.6 is 11.6 Å². The lowest BCUT2D eigenvalue weighted by atomic mass is 9.89. The molecule has 7 nitrogen and oxygen atoms in total. The average Bonchev–Trinajstić information content (AvgIpc) is 3.50. The van der Waals surface area contributed by atoms with Gasteiger partial charge >= 0.3 is 5.97 Å². The Morgan fingerprint density at radius 2 is 1.36 bits per heavy atom. The van der Waals surface area contributed by atoms with Crippen molar-refractivity contribution in [3.8, 4) is 5.75 Å². The number of hydrogen-bond donors (Lipinski definition) is 0. The molecule has 4 aromatic carbocycles. The Morgan fingerprint density at radius 3 is 2.10 bits per heavy atom. The van der Waals surface area contributed by atoms with Gasteiger partial charge in [-0.2, -0.15) is 0 Å². The SMILES string of the molecule is O=C(c1ccccc1)c1ccc(OC(=O)[C@@H]2[C@H]3C(=O)N(c4ccc(Cl)cc4)C(=O)[C@@H]3[C@H]3C=Cc4ccccc4N32)cc1. The molecule has 7 rings (SSSR count). The van der Waals surface area contributed by atoms with E-state index in [4.69, 9.17) is 16.3 Å². The Labute approximate surface area is 246 Å². The zero-order valence-corrected chi connectivity index (χ0v) is 22.8. The van der Waals surface area contributed by atoms with Gasteiger partial charge in [-0.15, -0.1) is 0 Å². The number of esters is 1. The first-order valence-electron chi connectivity index (χ1n) is 13.5. The van der Waals surface area contributed by atoms with Crippen molar-refractivity contribution in [1.29, 1.82) is 0 Å². The topological polar surface area (TPSA) is 84.0 Å². The van der Waals surface area contributed by atoms with Crippen LogP contribution in [0.2, 0.25) is 5.02 Å². The normalized spacial score (nSPS) is 22.0. The number of imide groups is 1. The Balaban J connectivity index is 1.22. The molecule has 8 heteroatoms. The quantitative estimate of drug-likeness (QED) is 0.134. The zero-order valence-electron chi connectivity index (χ0n) is 22.1. The van der Waals surface area contributed by atoms with E-state index in [-0.39, 0.29) is 17.4 Å². The first kappa shape index (κ1) is 25.9. The number of amides is 2. The van der Waals surface area contributed by atoms with E-state index in [9.17, 15) is 19.2 Å². The summed E-state index contributed by atoms with van der Waals surface area (Å²) in [5.41, 5.74) is 3.04. The van der Waals surface area contributed by atoms with E-state index in [2.05, 4.69) is 0 Å². The summed E-state index contributed by atoms with van der Waals surface area (Å²) in [6, 6.07) is 27.7. The van der Waals surface area contributed by atoms with Gasteiger partial charge in [-0.3, -0.25) is 14.4 Å². The average molecular weight is 575 g/mol. The summed E-state index contributed by atoms with van der Waals surface area (Å²) in [4.78, 5) is 57.5. The number of fused-ring (bicyclic) bond motifs is 5. The molecule has 3 heterocycles. The highest BCUT2D eigenvalue weighted by Crippen LogP contribution is 2.49. The molecule has 4 aromatic rings. The molecule has 2 saturated heterocycles. The second-order valence-electron chi connectivity index (χ2n) is 10.4. The van der Waals surface area contributed by atoms with Gasteiger partial charge < -0.3 is 9.64 Å². The predicted molar refractivity (Wildman–Crippen MR) is 158 cm³/mol. The summed E-state index contributed by atoms with van der Waals surface area (Å²) < 4.78 is 5.84. The molecule has 2 fully saturated rings. The molecule has 0 N–H and O–H groups in total. The third-order valence-electron chi connectivity index (χ3n) is 8.11. The molecule has 0 saturated carbocycles. The van der Waals surface area contributed by atoms with Gasteiger partial charge in [0.15, 0.2) is 5.78 Å². The Hall–Kier alpha value is -5.01. The van der Waals surface area contributed by atoms with E-state index in [1.54, 1.807) is 72.8 Å². The molecule has 42 heavy (non-hydrogen) atoms. The van der Waals surface area contributed by atoms with E-state index in [0.717, 1.165) is 16.2 Å². The van der Waals surface area contributed by atoms with Gasteiger partial charge in [0.25, 0.3) is 0 Å². The van der Waals surface area contributed by atoms with Gasteiger partial charge in [-0.1, -0.05) is 72.3 Å². The zero-order chi connectivity index (χ0) is 29.0. The van der Waals surface area contributed by atoms with Crippen molar-refractivity contribution in [3.05, 3.63) is 131 Å². The van der Waals surface area contributed by atoms with Crippen molar-refractivity contribution in [2.45, 2.75) is 12.1 Å². The number of benzene rings is 4. The van der Waals surface area contributed by atoms with Gasteiger partial charge in [0.2, 0.25) is 11.8 Å². The van der Waals surface area contributed by atoms with Gasteiger partial charge in [0.1, 0.15) is 11.8 Å². The minimum Gasteiger partial charge on any atom is -0.425 e. The molecular formula is C34H23ClN2O5. The lowest BCUT2D eigenvalue weighted by Crippen LogP contribution is -2.50. The minimum atomic E-state index is -1.05. The van der Waals surface area contributed by atoms with Crippen molar-refractivity contribution in [1.82, 2.24) is 0 Å². The molecule has 4 atom stereocenters. The molecule has 0 radical (unpaired) electrons. The third kappa shape index (κ3) is 4.13. The summed E-state index contributed by atoms with van der Waals surface area (Å²) in [7, 11) is 0. The number of ketones is 1. The van der Waals surface area contributed by atoms with Gasteiger partial charge in [-0.25, -0.2) is 9.69 Å². The van der Waals surface area contributed by atoms with Crippen LogP contribution in [0.25, 0.3) is 6.08 Å². The number of carbonyl (C=O) groups is 4. The van der Waals surface area contributed by atoms with Crippen LogP contribution < -0.4 is 14.5 Å². The fraction of sp³-hybridized carbons (Fsp3) is 0.118. The number of hydrogen-bond acceptors (Lipinski definition) is 6. The highest BCUT2D eigenvalue weighted by atomic mass is 35.5. The summed E-state index contributed by atoms with van der Waals surface area (Å²) in [6.07, 6.45) is 3.81. The number of ether oxygens (including phenoxy) is 1. The monoisotopic (exact) mass is 574 g/mol. The van der Waals surface area contributed by atoms with E-state index in [1.807, 2.05) is 47.4 Å². The second-order valence-corrected chi connectivity index (χ2v) is 10.9. The molecule has 0 aliphatic carbocycles. The number of carbonyl (C=O) groups excluding carboxylic acids is 4. The molecule has 3 aliphatic rings. The molecule has 0 bridgehead atoms. The lowest BCUT2D eigenvalue weighted by Gasteiger charge is -2.36. The van der Waals surface area contributed by atoms with Crippen LogP contribution in [0, 0.1) is 11.8 Å². The number of para-hydroxylation sites is 1. The molecule has 3 aliphatic heterocycles. The van der Waals surface area contributed by atoms with Crippen LogP contribution in [-0.4, -0.2) is 35.7 Å². The molecule has 206 valence electrons. The van der Waals surface area contributed by atoms with E-state index < -0.39 is 35.8 Å². The minimum absolute atomic E-state index is 0.149. The maximum absolute atomic E-state index is 13.9. The molecule has 0 unspecified atom stereocenters. The van der Waals surface area contributed by atoms with E-state index >= 15 is 0 Å². The third-order valence-corrected chi connectivity index (χ3v) is 8.36. The number of nitrogens with zero attached hydrogens (tertiary/aromatic N) is 2. The standard InChI is InChI=1S/C34H23ClN2O5/c35-23-13-15-24(16-14-23)36-32(39)28-27-19-12-20-6-4-5-9-26(20)37(27)30(29(28)33(36)40)34(41)42-25-17-10-22(11-18-25)31(38)21-7-2-1-3-8-21/h1-19,27-30H/t27-,28-,29+,30+/m1/s1. The van der Waals surface area contributed by atoms with Crippen LogP contribution in [-0.2, 0) is 14.4 Å². The first-order chi connectivity index (χ1) is 20.4. The van der Waals surface area contributed by atoms with Crippen molar-refractivity contribution < 1.29 is 23.9 Å². The maximum Gasteiger partial charge on any atom is 0.335 e. The second kappa shape index (κ2) is 10.1. The van der Waals surface area contributed by atoms with Crippen LogP contribution in [0.1, 0.15) is 21.5 Å². The van der Waals surface area contributed by atoms with Gasteiger partial charge in [0.05, 0.1) is 23.6 Å². The Morgan fingerprint density at radius 1 is 0.714 bits per heavy atom. The van der Waals surface area contributed by atoms with Gasteiger partial charge in [0, 0.05) is 21.8 Å². The molecular weight excluding hydrogens is 552 g/mol. The number of rotatable bonds is 5. The summed E-state index contributed by atoms with van der Waals surface area (Å²) >= 11 is 6.04. The molecule has 0 spiro atoms.